The zero-order valence-corrected chi connectivity index (χ0v) is 15.2. The van der Waals surface area contributed by atoms with Crippen molar-refractivity contribution in [2.24, 2.45) is 5.92 Å². The number of nitrogens with zero attached hydrogens (tertiary/aromatic N) is 1. The molecule has 1 aromatic carbocycles. The summed E-state index contributed by atoms with van der Waals surface area (Å²) in [5.41, 5.74) is 1.89. The number of benzene rings is 1. The van der Waals surface area contributed by atoms with Crippen LogP contribution >= 0.6 is 0 Å². The molecule has 2 N–H and O–H groups in total. The summed E-state index contributed by atoms with van der Waals surface area (Å²) in [6, 6.07) is 5.30. The highest BCUT2D eigenvalue weighted by Gasteiger charge is 2.36. The molecule has 0 saturated carbocycles. The van der Waals surface area contributed by atoms with Gasteiger partial charge in [-0.1, -0.05) is 11.6 Å². The van der Waals surface area contributed by atoms with Gasteiger partial charge < -0.3 is 25.0 Å². The van der Waals surface area contributed by atoms with Crippen LogP contribution in [-0.4, -0.2) is 52.2 Å². The van der Waals surface area contributed by atoms with E-state index < -0.39 is 0 Å². The van der Waals surface area contributed by atoms with Crippen LogP contribution in [0.3, 0.4) is 0 Å². The van der Waals surface area contributed by atoms with Crippen molar-refractivity contribution in [3.05, 3.63) is 29.8 Å². The molecular formula is C19H25N3O4. The van der Waals surface area contributed by atoms with Crippen molar-refractivity contribution in [2.75, 3.05) is 45.3 Å². The molecule has 1 aromatic rings. The van der Waals surface area contributed by atoms with Crippen LogP contribution in [-0.2, 0) is 9.59 Å². The number of hydrogen-bond donors (Lipinski definition) is 2. The molecule has 7 heteroatoms. The molecule has 1 unspecified atom stereocenters. The monoisotopic (exact) mass is 359 g/mol. The highest BCUT2D eigenvalue weighted by Crippen LogP contribution is 2.35. The molecule has 0 spiro atoms. The van der Waals surface area contributed by atoms with Gasteiger partial charge in [0.05, 0.1) is 25.8 Å². The van der Waals surface area contributed by atoms with Crippen LogP contribution in [0.1, 0.15) is 12.8 Å². The van der Waals surface area contributed by atoms with Crippen LogP contribution in [0.15, 0.2) is 29.8 Å². The Morgan fingerprint density at radius 2 is 2.19 bits per heavy atom. The summed E-state index contributed by atoms with van der Waals surface area (Å²) in [5.74, 6) is 0.708. The number of methoxy groups -OCH3 is 2. The molecule has 0 radical (unpaired) electrons. The molecule has 0 aromatic heterocycles. The topological polar surface area (TPSA) is 79.9 Å². The number of amides is 2. The Labute approximate surface area is 153 Å². The zero-order valence-electron chi connectivity index (χ0n) is 15.2. The summed E-state index contributed by atoms with van der Waals surface area (Å²) in [7, 11) is 3.13. The molecule has 140 valence electrons. The van der Waals surface area contributed by atoms with Crippen LogP contribution in [0.25, 0.3) is 0 Å². The first-order valence-corrected chi connectivity index (χ1v) is 8.81. The lowest BCUT2D eigenvalue weighted by molar-refractivity contribution is -0.126. The summed E-state index contributed by atoms with van der Waals surface area (Å²) in [4.78, 5) is 26.6. The number of nitrogens with one attached hydrogen (secondary N) is 2. The predicted molar refractivity (Wildman–Crippen MR) is 98.6 cm³/mol. The highest BCUT2D eigenvalue weighted by molar-refractivity contribution is 6.01. The molecule has 1 fully saturated rings. The maximum Gasteiger partial charge on any atom is 0.227 e. The van der Waals surface area contributed by atoms with E-state index in [-0.39, 0.29) is 24.2 Å². The fourth-order valence-corrected chi connectivity index (χ4v) is 3.30. The van der Waals surface area contributed by atoms with Gasteiger partial charge >= 0.3 is 0 Å². The molecular weight excluding hydrogens is 334 g/mol. The Kier molecular flexibility index (Phi) is 5.78. The minimum Gasteiger partial charge on any atom is -0.497 e. The molecule has 0 aliphatic carbocycles. The van der Waals surface area contributed by atoms with Crippen molar-refractivity contribution < 1.29 is 19.1 Å². The van der Waals surface area contributed by atoms with E-state index in [4.69, 9.17) is 9.47 Å². The van der Waals surface area contributed by atoms with Gasteiger partial charge in [0.1, 0.15) is 11.5 Å². The van der Waals surface area contributed by atoms with Crippen molar-refractivity contribution in [1.29, 1.82) is 0 Å². The third-order valence-corrected chi connectivity index (χ3v) is 4.82. The first kappa shape index (κ1) is 18.3. The fraction of sp³-hybridized carbons (Fsp3) is 0.474. The number of ether oxygens (including phenoxy) is 2. The Balaban J connectivity index is 1.64. The lowest BCUT2D eigenvalue weighted by Gasteiger charge is -2.20. The molecule has 2 aliphatic heterocycles. The van der Waals surface area contributed by atoms with E-state index in [0.717, 1.165) is 19.5 Å². The van der Waals surface area contributed by atoms with E-state index in [1.807, 2.05) is 0 Å². The van der Waals surface area contributed by atoms with Crippen molar-refractivity contribution in [3.8, 4) is 11.5 Å². The molecule has 26 heavy (non-hydrogen) atoms. The van der Waals surface area contributed by atoms with Gasteiger partial charge in [-0.25, -0.2) is 0 Å². The summed E-state index contributed by atoms with van der Waals surface area (Å²) in [5, 5.41) is 6.21. The molecule has 7 nitrogen and oxygen atoms in total. The summed E-state index contributed by atoms with van der Waals surface area (Å²) in [6.45, 7) is 2.69. The minimum atomic E-state index is -0.350. The van der Waals surface area contributed by atoms with E-state index in [9.17, 15) is 9.59 Å². The first-order chi connectivity index (χ1) is 12.6. The van der Waals surface area contributed by atoms with Gasteiger partial charge in [0.15, 0.2) is 0 Å². The van der Waals surface area contributed by atoms with E-state index >= 15 is 0 Å². The van der Waals surface area contributed by atoms with E-state index in [1.165, 1.54) is 5.57 Å². The van der Waals surface area contributed by atoms with Gasteiger partial charge in [0.2, 0.25) is 11.8 Å². The zero-order chi connectivity index (χ0) is 18.5. The Bertz CT molecular complexity index is 717. The van der Waals surface area contributed by atoms with Gasteiger partial charge in [0, 0.05) is 32.1 Å². The SMILES string of the molecule is COc1ccc(N2CC(C(=O)NCC3=CCNCC3)CC2=O)c(OC)c1. The van der Waals surface area contributed by atoms with Crippen LogP contribution in [0.2, 0.25) is 0 Å². The Morgan fingerprint density at radius 1 is 1.35 bits per heavy atom. The smallest absolute Gasteiger partial charge is 0.227 e. The maximum atomic E-state index is 12.5. The number of carbonyl (C=O) groups excluding carboxylic acids is 2. The van der Waals surface area contributed by atoms with Crippen molar-refractivity contribution in [3.63, 3.8) is 0 Å². The van der Waals surface area contributed by atoms with E-state index in [2.05, 4.69) is 16.7 Å². The number of rotatable bonds is 6. The maximum absolute atomic E-state index is 12.5. The second kappa shape index (κ2) is 8.23. The molecule has 2 amide bonds. The number of hydrogen-bond acceptors (Lipinski definition) is 5. The largest absolute Gasteiger partial charge is 0.497 e. The third-order valence-electron chi connectivity index (χ3n) is 4.82. The lowest BCUT2D eigenvalue weighted by atomic mass is 10.1. The Hall–Kier alpha value is -2.54. The molecule has 2 heterocycles. The molecule has 0 bridgehead atoms. The van der Waals surface area contributed by atoms with E-state index in [1.54, 1.807) is 37.3 Å². The second-order valence-corrected chi connectivity index (χ2v) is 6.48. The molecule has 1 saturated heterocycles. The van der Waals surface area contributed by atoms with Crippen LogP contribution in [0.4, 0.5) is 5.69 Å². The third kappa shape index (κ3) is 3.99. The second-order valence-electron chi connectivity index (χ2n) is 6.48. The first-order valence-electron chi connectivity index (χ1n) is 8.81. The van der Waals surface area contributed by atoms with Gasteiger partial charge in [0.25, 0.3) is 0 Å². The highest BCUT2D eigenvalue weighted by atomic mass is 16.5. The van der Waals surface area contributed by atoms with Crippen molar-refractivity contribution in [2.45, 2.75) is 12.8 Å². The predicted octanol–water partition coefficient (Wildman–Crippen LogP) is 1.09. The Morgan fingerprint density at radius 3 is 2.88 bits per heavy atom. The van der Waals surface area contributed by atoms with Crippen LogP contribution in [0.5, 0.6) is 11.5 Å². The minimum absolute atomic E-state index is 0.0744. The number of carbonyl (C=O) groups is 2. The lowest BCUT2D eigenvalue weighted by Crippen LogP contribution is -2.35. The van der Waals surface area contributed by atoms with Gasteiger partial charge in [-0.15, -0.1) is 0 Å². The molecule has 2 aliphatic rings. The normalized spacial score (nSPS) is 19.9. The van der Waals surface area contributed by atoms with Gasteiger partial charge in [-0.2, -0.15) is 0 Å². The van der Waals surface area contributed by atoms with Crippen molar-refractivity contribution in [1.82, 2.24) is 10.6 Å². The van der Waals surface area contributed by atoms with Gasteiger partial charge in [-0.3, -0.25) is 9.59 Å². The number of anilines is 1. The molecule has 1 atom stereocenters. The standard InChI is InChI=1S/C19H25N3O4/c1-25-15-3-4-16(17(10-15)26-2)22-12-14(9-18(22)23)19(24)21-11-13-5-7-20-8-6-13/h3-5,10,14,20H,6-9,11-12H2,1-2H3,(H,21,24). The summed E-state index contributed by atoms with van der Waals surface area (Å²) < 4.78 is 10.6. The fourth-order valence-electron chi connectivity index (χ4n) is 3.30. The average Bonchev–Trinajstić information content (AvgIpc) is 3.08. The summed E-state index contributed by atoms with van der Waals surface area (Å²) >= 11 is 0. The summed E-state index contributed by atoms with van der Waals surface area (Å²) in [6.07, 6.45) is 3.26. The van der Waals surface area contributed by atoms with Crippen LogP contribution < -0.4 is 25.0 Å². The van der Waals surface area contributed by atoms with Gasteiger partial charge in [-0.05, 0) is 25.1 Å². The average molecular weight is 359 g/mol. The quantitative estimate of drug-likeness (QED) is 0.744. The van der Waals surface area contributed by atoms with Crippen LogP contribution in [0, 0.1) is 5.92 Å². The molecule has 3 rings (SSSR count). The van der Waals surface area contributed by atoms with Crippen molar-refractivity contribution >= 4 is 17.5 Å². The van der Waals surface area contributed by atoms with E-state index in [0.29, 0.717) is 30.3 Å².